The Morgan fingerprint density at radius 2 is 1.71 bits per heavy atom. The number of carbonyl (C=O) groups is 1. The number of benzene rings is 1. The van der Waals surface area contributed by atoms with Crippen molar-refractivity contribution in [2.75, 3.05) is 12.4 Å². The molecule has 0 saturated carbocycles. The number of ether oxygens (including phenoxy) is 1. The number of amides is 1. The van der Waals surface area contributed by atoms with Crippen LogP contribution in [0.2, 0.25) is 0 Å². The number of nitrogens with zero attached hydrogens (tertiary/aromatic N) is 3. The number of pyridine rings is 1. The van der Waals surface area contributed by atoms with Crippen LogP contribution in [-0.4, -0.2) is 27.7 Å². The van der Waals surface area contributed by atoms with Crippen LogP contribution in [0.25, 0.3) is 16.9 Å². The SMILES string of the molecule is COC(=O)Nc1ccc(-n2c(C(F)(F)F)nc3cc(C(F)(F)F)cnc32)cc1. The third-order valence-corrected chi connectivity index (χ3v) is 3.64. The normalized spacial score (nSPS) is 12.2. The van der Waals surface area contributed by atoms with Gasteiger partial charge in [-0.15, -0.1) is 0 Å². The Hall–Kier alpha value is -3.31. The standard InChI is InChI=1S/C16H10F6N4O2/c1-28-14(27)24-9-2-4-10(5-3-9)26-12-11(25-13(26)16(20,21)22)6-8(7-23-12)15(17,18)19/h2-7H,1H3,(H,24,27). The number of carbonyl (C=O) groups excluding carboxylic acids is 1. The van der Waals surface area contributed by atoms with Crippen molar-refractivity contribution in [1.82, 2.24) is 14.5 Å². The molecule has 1 amide bonds. The molecule has 3 rings (SSSR count). The van der Waals surface area contributed by atoms with Gasteiger partial charge in [0.05, 0.1) is 12.7 Å². The fourth-order valence-corrected chi connectivity index (χ4v) is 2.42. The smallest absolute Gasteiger partial charge is 0.450 e. The van der Waals surface area contributed by atoms with E-state index in [0.29, 0.717) is 16.8 Å². The van der Waals surface area contributed by atoms with E-state index in [-0.39, 0.29) is 11.4 Å². The van der Waals surface area contributed by atoms with E-state index in [0.717, 1.165) is 7.11 Å². The van der Waals surface area contributed by atoms with Crippen molar-refractivity contribution in [3.05, 3.63) is 47.9 Å². The number of fused-ring (bicyclic) bond motifs is 1. The lowest BCUT2D eigenvalue weighted by molar-refractivity contribution is -0.145. The van der Waals surface area contributed by atoms with E-state index in [9.17, 15) is 31.1 Å². The number of nitrogens with one attached hydrogen (secondary N) is 1. The van der Waals surface area contributed by atoms with Gasteiger partial charge in [0.1, 0.15) is 5.52 Å². The second-order valence-electron chi connectivity index (χ2n) is 5.50. The lowest BCUT2D eigenvalue weighted by Gasteiger charge is -2.12. The second-order valence-corrected chi connectivity index (χ2v) is 5.50. The Morgan fingerprint density at radius 3 is 2.25 bits per heavy atom. The maximum absolute atomic E-state index is 13.4. The number of methoxy groups -OCH3 is 1. The van der Waals surface area contributed by atoms with E-state index in [1.54, 1.807) is 0 Å². The molecule has 0 fully saturated rings. The fourth-order valence-electron chi connectivity index (χ4n) is 2.42. The lowest BCUT2D eigenvalue weighted by Crippen LogP contribution is -2.14. The van der Waals surface area contributed by atoms with Crippen LogP contribution in [0, 0.1) is 0 Å². The molecule has 2 aromatic heterocycles. The summed E-state index contributed by atoms with van der Waals surface area (Å²) in [5, 5.41) is 2.32. The van der Waals surface area contributed by atoms with Gasteiger partial charge in [0, 0.05) is 17.6 Å². The van der Waals surface area contributed by atoms with Gasteiger partial charge >= 0.3 is 18.4 Å². The van der Waals surface area contributed by atoms with Crippen molar-refractivity contribution >= 4 is 22.9 Å². The highest BCUT2D eigenvalue weighted by Gasteiger charge is 2.39. The molecule has 148 valence electrons. The van der Waals surface area contributed by atoms with Crippen LogP contribution in [0.1, 0.15) is 11.4 Å². The van der Waals surface area contributed by atoms with Gasteiger partial charge in [-0.05, 0) is 30.3 Å². The Morgan fingerprint density at radius 1 is 1.07 bits per heavy atom. The first-order chi connectivity index (χ1) is 13.0. The minimum Gasteiger partial charge on any atom is -0.453 e. The number of halogens is 6. The van der Waals surface area contributed by atoms with Crippen molar-refractivity contribution in [3.8, 4) is 5.69 Å². The van der Waals surface area contributed by atoms with Crippen LogP contribution >= 0.6 is 0 Å². The number of alkyl halides is 6. The zero-order valence-electron chi connectivity index (χ0n) is 13.9. The minimum atomic E-state index is -4.94. The molecule has 0 bridgehead atoms. The largest absolute Gasteiger partial charge is 0.453 e. The molecule has 0 aliphatic rings. The highest BCUT2D eigenvalue weighted by Crippen LogP contribution is 2.35. The van der Waals surface area contributed by atoms with Crippen LogP contribution < -0.4 is 5.32 Å². The number of hydrogen-bond donors (Lipinski definition) is 1. The number of hydrogen-bond acceptors (Lipinski definition) is 4. The Kier molecular flexibility index (Phi) is 4.65. The predicted octanol–water partition coefficient (Wildman–Crippen LogP) is 4.64. The van der Waals surface area contributed by atoms with Gasteiger partial charge in [-0.2, -0.15) is 26.3 Å². The Balaban J connectivity index is 2.14. The first-order valence-corrected chi connectivity index (χ1v) is 7.49. The van der Waals surface area contributed by atoms with E-state index < -0.39 is 41.0 Å². The molecular formula is C16H10F6N4O2. The van der Waals surface area contributed by atoms with Gasteiger partial charge in [-0.25, -0.2) is 14.8 Å². The van der Waals surface area contributed by atoms with E-state index in [1.807, 2.05) is 0 Å². The van der Waals surface area contributed by atoms with Gasteiger partial charge in [0.25, 0.3) is 0 Å². The van der Waals surface area contributed by atoms with Crippen molar-refractivity contribution < 1.29 is 35.9 Å². The highest BCUT2D eigenvalue weighted by atomic mass is 19.4. The summed E-state index contributed by atoms with van der Waals surface area (Å²) in [5.41, 5.74) is -1.98. The van der Waals surface area contributed by atoms with Gasteiger partial charge in [0.15, 0.2) is 5.65 Å². The first-order valence-electron chi connectivity index (χ1n) is 7.49. The number of rotatable bonds is 2. The molecule has 2 heterocycles. The molecule has 3 aromatic rings. The molecule has 0 unspecified atom stereocenters. The summed E-state index contributed by atoms with van der Waals surface area (Å²) >= 11 is 0. The van der Waals surface area contributed by atoms with E-state index in [4.69, 9.17) is 0 Å². The van der Waals surface area contributed by atoms with Crippen molar-refractivity contribution in [2.24, 2.45) is 0 Å². The molecule has 0 aliphatic heterocycles. The van der Waals surface area contributed by atoms with Gasteiger partial charge < -0.3 is 4.74 Å². The number of aromatic nitrogens is 3. The van der Waals surface area contributed by atoms with E-state index in [2.05, 4.69) is 20.0 Å². The summed E-state index contributed by atoms with van der Waals surface area (Å²) in [4.78, 5) is 18.0. The van der Waals surface area contributed by atoms with Crippen LogP contribution in [0.5, 0.6) is 0 Å². The van der Waals surface area contributed by atoms with E-state index in [1.165, 1.54) is 24.3 Å². The molecule has 28 heavy (non-hydrogen) atoms. The Bertz CT molecular complexity index is 1020. The molecule has 0 aliphatic carbocycles. The second kappa shape index (κ2) is 6.69. The molecule has 0 spiro atoms. The highest BCUT2D eigenvalue weighted by molar-refractivity contribution is 5.84. The summed E-state index contributed by atoms with van der Waals surface area (Å²) < 4.78 is 83.6. The van der Waals surface area contributed by atoms with Gasteiger partial charge in [-0.3, -0.25) is 9.88 Å². The van der Waals surface area contributed by atoms with Crippen molar-refractivity contribution in [2.45, 2.75) is 12.4 Å². The third-order valence-electron chi connectivity index (χ3n) is 3.64. The molecule has 0 radical (unpaired) electrons. The van der Waals surface area contributed by atoms with Crippen molar-refractivity contribution in [3.63, 3.8) is 0 Å². The molecule has 0 saturated heterocycles. The van der Waals surface area contributed by atoms with Crippen LogP contribution in [0.4, 0.5) is 36.8 Å². The lowest BCUT2D eigenvalue weighted by atomic mass is 10.2. The van der Waals surface area contributed by atoms with Crippen LogP contribution in [-0.2, 0) is 17.1 Å². The maximum Gasteiger partial charge on any atom is 0.450 e. The average Bonchev–Trinajstić information content (AvgIpc) is 3.00. The molecule has 12 heteroatoms. The fraction of sp³-hybridized carbons (Fsp3) is 0.188. The summed E-state index contributed by atoms with van der Waals surface area (Å²) in [6.07, 6.45) is -10.1. The van der Waals surface area contributed by atoms with Gasteiger partial charge in [-0.1, -0.05) is 0 Å². The summed E-state index contributed by atoms with van der Waals surface area (Å²) in [6.45, 7) is 0. The van der Waals surface area contributed by atoms with Crippen LogP contribution in [0.15, 0.2) is 36.5 Å². The zero-order valence-corrected chi connectivity index (χ0v) is 13.9. The first kappa shape index (κ1) is 19.5. The number of anilines is 1. The summed E-state index contributed by atoms with van der Waals surface area (Å²) in [6, 6.07) is 5.54. The molecule has 0 atom stereocenters. The maximum atomic E-state index is 13.4. The zero-order chi connectivity index (χ0) is 20.7. The monoisotopic (exact) mass is 404 g/mol. The van der Waals surface area contributed by atoms with E-state index >= 15 is 0 Å². The molecular weight excluding hydrogens is 394 g/mol. The summed E-state index contributed by atoms with van der Waals surface area (Å²) in [7, 11) is 1.14. The molecule has 1 aromatic carbocycles. The van der Waals surface area contributed by atoms with Crippen LogP contribution in [0.3, 0.4) is 0 Å². The van der Waals surface area contributed by atoms with Gasteiger partial charge in [0.2, 0.25) is 5.82 Å². The third kappa shape index (κ3) is 3.70. The quantitative estimate of drug-likeness (QED) is 0.632. The molecule has 6 nitrogen and oxygen atoms in total. The summed E-state index contributed by atoms with van der Waals surface area (Å²) in [5.74, 6) is -1.43. The minimum absolute atomic E-state index is 0.0579. The molecule has 1 N–H and O–H groups in total. The Labute approximate surface area is 152 Å². The average molecular weight is 404 g/mol. The number of imidazole rings is 1. The topological polar surface area (TPSA) is 69.0 Å². The predicted molar refractivity (Wildman–Crippen MR) is 84.9 cm³/mol. The van der Waals surface area contributed by atoms with Crippen molar-refractivity contribution in [1.29, 1.82) is 0 Å².